The van der Waals surface area contributed by atoms with E-state index in [1.165, 1.54) is 20.2 Å². The minimum absolute atomic E-state index is 0.173. The average Bonchev–Trinajstić information content (AvgIpc) is 3.19. The van der Waals surface area contributed by atoms with Crippen LogP contribution in [0.2, 0.25) is 0 Å². The third-order valence-corrected chi connectivity index (χ3v) is 5.96. The van der Waals surface area contributed by atoms with Crippen molar-refractivity contribution in [2.45, 2.75) is 0 Å². The zero-order valence-corrected chi connectivity index (χ0v) is 13.9. The quantitative estimate of drug-likeness (QED) is 0.332. The van der Waals surface area contributed by atoms with Gasteiger partial charge in [0.1, 0.15) is 17.7 Å². The number of thiophene rings is 1. The van der Waals surface area contributed by atoms with Gasteiger partial charge in [0.2, 0.25) is 0 Å². The summed E-state index contributed by atoms with van der Waals surface area (Å²) in [4.78, 5) is 0. The maximum absolute atomic E-state index is 9.44. The summed E-state index contributed by atoms with van der Waals surface area (Å²) in [6.07, 6.45) is 0. The highest BCUT2D eigenvalue weighted by Gasteiger charge is 2.28. The second kappa shape index (κ2) is 5.05. The molecule has 4 aromatic rings. The molecule has 1 aliphatic carbocycles. The Balaban J connectivity index is 2.02. The number of hydrogen-bond donors (Lipinski definition) is 0. The summed E-state index contributed by atoms with van der Waals surface area (Å²) >= 11 is 1.77. The minimum atomic E-state index is 0.173. The van der Waals surface area contributed by atoms with Crippen molar-refractivity contribution in [2.24, 2.45) is 0 Å². The molecule has 0 unspecified atom stereocenters. The Morgan fingerprint density at radius 1 is 0.720 bits per heavy atom. The van der Waals surface area contributed by atoms with Gasteiger partial charge in [0.05, 0.1) is 0 Å². The molecular formula is C22H10N2S. The van der Waals surface area contributed by atoms with Gasteiger partial charge in [-0.2, -0.15) is 10.5 Å². The van der Waals surface area contributed by atoms with E-state index in [1.807, 2.05) is 18.2 Å². The van der Waals surface area contributed by atoms with Gasteiger partial charge < -0.3 is 0 Å². The fourth-order valence-electron chi connectivity index (χ4n) is 3.73. The molecule has 5 rings (SSSR count). The molecule has 25 heavy (non-hydrogen) atoms. The van der Waals surface area contributed by atoms with E-state index in [9.17, 15) is 10.5 Å². The van der Waals surface area contributed by atoms with E-state index in [4.69, 9.17) is 0 Å². The van der Waals surface area contributed by atoms with E-state index in [-0.39, 0.29) is 5.57 Å². The van der Waals surface area contributed by atoms with Gasteiger partial charge in [-0.15, -0.1) is 11.3 Å². The number of nitriles is 2. The molecule has 0 bridgehead atoms. The number of hydrogen-bond acceptors (Lipinski definition) is 3. The zero-order valence-electron chi connectivity index (χ0n) is 13.1. The summed E-state index contributed by atoms with van der Waals surface area (Å²) in [5, 5.41) is 21.4. The number of fused-ring (bicyclic) bond motifs is 7. The lowest BCUT2D eigenvalue weighted by molar-refractivity contribution is 1.46. The van der Waals surface area contributed by atoms with Crippen LogP contribution < -0.4 is 0 Å². The normalized spacial score (nSPS) is 11.8. The first-order valence-corrected chi connectivity index (χ1v) is 8.74. The average molecular weight is 334 g/mol. The summed E-state index contributed by atoms with van der Waals surface area (Å²) in [5.41, 5.74) is 5.14. The number of allylic oxidation sites excluding steroid dienone is 1. The molecule has 114 valence electrons. The highest BCUT2D eigenvalue weighted by Crippen LogP contribution is 2.51. The van der Waals surface area contributed by atoms with Gasteiger partial charge in [0.25, 0.3) is 0 Å². The van der Waals surface area contributed by atoms with Crippen molar-refractivity contribution in [3.63, 3.8) is 0 Å². The van der Waals surface area contributed by atoms with E-state index in [2.05, 4.69) is 54.6 Å². The fourth-order valence-corrected chi connectivity index (χ4v) is 5.00. The van der Waals surface area contributed by atoms with Crippen LogP contribution >= 0.6 is 11.3 Å². The van der Waals surface area contributed by atoms with Crippen molar-refractivity contribution in [3.8, 4) is 23.3 Å². The Hall–Kier alpha value is -3.40. The number of nitrogens with zero attached hydrogens (tertiary/aromatic N) is 2. The summed E-state index contributed by atoms with van der Waals surface area (Å²) in [6.45, 7) is 0. The molecule has 0 atom stereocenters. The molecule has 1 aliphatic rings. The highest BCUT2D eigenvalue weighted by molar-refractivity contribution is 7.26. The van der Waals surface area contributed by atoms with Crippen LogP contribution in [-0.2, 0) is 0 Å². The number of rotatable bonds is 0. The number of benzene rings is 3. The van der Waals surface area contributed by atoms with Gasteiger partial charge in [-0.25, -0.2) is 0 Å². The summed E-state index contributed by atoms with van der Waals surface area (Å²) < 4.78 is 2.47. The predicted molar refractivity (Wildman–Crippen MR) is 102 cm³/mol. The van der Waals surface area contributed by atoms with Crippen LogP contribution in [0.5, 0.6) is 0 Å². The van der Waals surface area contributed by atoms with Gasteiger partial charge in [0, 0.05) is 31.3 Å². The molecule has 0 spiro atoms. The molecule has 3 heteroatoms. The van der Waals surface area contributed by atoms with Crippen molar-refractivity contribution in [1.82, 2.24) is 0 Å². The van der Waals surface area contributed by atoms with Crippen molar-refractivity contribution < 1.29 is 0 Å². The fraction of sp³-hybridized carbons (Fsp3) is 0. The molecule has 0 aliphatic heterocycles. The molecule has 3 aromatic carbocycles. The smallest absolute Gasteiger partial charge is 0.138 e. The first-order chi connectivity index (χ1) is 12.3. The lowest BCUT2D eigenvalue weighted by atomic mass is 9.98. The van der Waals surface area contributed by atoms with Gasteiger partial charge in [-0.05, 0) is 22.8 Å². The Bertz CT molecular complexity index is 1290. The van der Waals surface area contributed by atoms with Crippen LogP contribution in [0.1, 0.15) is 11.1 Å². The lowest BCUT2D eigenvalue weighted by Gasteiger charge is -2.03. The molecule has 1 heterocycles. The molecule has 0 saturated carbocycles. The van der Waals surface area contributed by atoms with E-state index in [0.29, 0.717) is 0 Å². The topological polar surface area (TPSA) is 47.6 Å². The maximum Gasteiger partial charge on any atom is 0.138 e. The van der Waals surface area contributed by atoms with Crippen molar-refractivity contribution in [3.05, 3.63) is 77.4 Å². The van der Waals surface area contributed by atoms with Crippen LogP contribution in [0.25, 0.3) is 36.9 Å². The van der Waals surface area contributed by atoms with Crippen molar-refractivity contribution >= 4 is 37.1 Å². The van der Waals surface area contributed by atoms with Gasteiger partial charge in [-0.1, -0.05) is 54.6 Å². The van der Waals surface area contributed by atoms with Gasteiger partial charge in [-0.3, -0.25) is 0 Å². The second-order valence-electron chi connectivity index (χ2n) is 5.98. The minimum Gasteiger partial charge on any atom is -0.192 e. The molecule has 0 saturated heterocycles. The van der Waals surface area contributed by atoms with Crippen LogP contribution in [0.3, 0.4) is 0 Å². The van der Waals surface area contributed by atoms with Gasteiger partial charge >= 0.3 is 0 Å². The molecule has 0 amide bonds. The largest absolute Gasteiger partial charge is 0.192 e. The van der Waals surface area contributed by atoms with Crippen LogP contribution in [0.4, 0.5) is 0 Å². The summed E-state index contributed by atoms with van der Waals surface area (Å²) in [5.74, 6) is 0. The Kier molecular flexibility index (Phi) is 2.82. The first-order valence-electron chi connectivity index (χ1n) is 7.92. The maximum atomic E-state index is 9.44. The van der Waals surface area contributed by atoms with Crippen LogP contribution in [0, 0.1) is 22.7 Å². The standard InChI is InChI=1S/C22H10N2S/c23-11-13(12-24)20-15-6-1-2-7-16(15)21-18(20)10-9-17-14-5-3-4-8-19(14)25-22(17)21/h1-10H. The molecular weight excluding hydrogens is 324 g/mol. The van der Waals surface area contributed by atoms with E-state index < -0.39 is 0 Å². The van der Waals surface area contributed by atoms with E-state index in [0.717, 1.165) is 27.8 Å². The third-order valence-electron chi connectivity index (χ3n) is 4.76. The Labute approximate surface area is 148 Å². The van der Waals surface area contributed by atoms with Crippen molar-refractivity contribution in [1.29, 1.82) is 10.5 Å². The monoisotopic (exact) mass is 334 g/mol. The Morgan fingerprint density at radius 2 is 1.44 bits per heavy atom. The highest BCUT2D eigenvalue weighted by atomic mass is 32.1. The Morgan fingerprint density at radius 3 is 2.24 bits per heavy atom. The second-order valence-corrected chi connectivity index (χ2v) is 7.03. The van der Waals surface area contributed by atoms with Gasteiger partial charge in [0.15, 0.2) is 0 Å². The van der Waals surface area contributed by atoms with Crippen LogP contribution in [-0.4, -0.2) is 0 Å². The molecule has 1 aromatic heterocycles. The van der Waals surface area contributed by atoms with Crippen LogP contribution in [0.15, 0.2) is 66.2 Å². The first kappa shape index (κ1) is 14.0. The van der Waals surface area contributed by atoms with E-state index >= 15 is 0 Å². The molecule has 0 fully saturated rings. The SMILES string of the molecule is N#CC(C#N)=C1c2ccccc2-c2c1ccc1c2sc2ccccc21. The zero-order chi connectivity index (χ0) is 17.0. The summed E-state index contributed by atoms with van der Waals surface area (Å²) in [7, 11) is 0. The molecule has 2 nitrogen and oxygen atoms in total. The molecule has 0 N–H and O–H groups in total. The lowest BCUT2D eigenvalue weighted by Crippen LogP contribution is -1.86. The molecule has 0 radical (unpaired) electrons. The predicted octanol–water partition coefficient (Wildman–Crippen LogP) is 5.88. The summed E-state index contributed by atoms with van der Waals surface area (Å²) in [6, 6.07) is 24.8. The van der Waals surface area contributed by atoms with Crippen molar-refractivity contribution in [2.75, 3.05) is 0 Å². The third kappa shape index (κ3) is 1.76. The van der Waals surface area contributed by atoms with E-state index in [1.54, 1.807) is 11.3 Å².